The number of anilines is 1. The number of ether oxygens (including phenoxy) is 1. The van der Waals surface area contributed by atoms with Gasteiger partial charge in [-0.1, -0.05) is 0 Å². The van der Waals surface area contributed by atoms with Gasteiger partial charge in [0.15, 0.2) is 5.96 Å². The number of carbonyl (C=O) groups is 1. The van der Waals surface area contributed by atoms with E-state index in [0.717, 1.165) is 29.5 Å². The van der Waals surface area contributed by atoms with E-state index in [1.165, 1.54) is 30.6 Å². The third kappa shape index (κ3) is 6.16. The summed E-state index contributed by atoms with van der Waals surface area (Å²) in [6, 6.07) is 4.07. The number of aromatic nitrogens is 2. The van der Waals surface area contributed by atoms with Gasteiger partial charge in [-0.2, -0.15) is 0 Å². The molecule has 1 aliphatic rings. The molecule has 9 heteroatoms. The molecule has 1 saturated heterocycles. The zero-order valence-corrected chi connectivity index (χ0v) is 19.6. The van der Waals surface area contributed by atoms with Gasteiger partial charge in [-0.3, -0.25) is 4.99 Å². The summed E-state index contributed by atoms with van der Waals surface area (Å²) in [7, 11) is 1.74. The monoisotopic (exact) mass is 444 g/mol. The Morgan fingerprint density at radius 1 is 1.35 bits per heavy atom. The van der Waals surface area contributed by atoms with Crippen LogP contribution in [0.5, 0.6) is 0 Å². The Balaban J connectivity index is 1.58. The van der Waals surface area contributed by atoms with Crippen molar-refractivity contribution in [3.8, 4) is 0 Å². The van der Waals surface area contributed by atoms with Crippen LogP contribution in [-0.4, -0.2) is 48.6 Å². The van der Waals surface area contributed by atoms with Crippen LogP contribution in [0, 0.1) is 6.92 Å². The van der Waals surface area contributed by atoms with Crippen LogP contribution in [0.1, 0.15) is 65.1 Å². The van der Waals surface area contributed by atoms with Crippen molar-refractivity contribution in [3.63, 3.8) is 0 Å². The minimum Gasteiger partial charge on any atom is -0.462 e. The first-order chi connectivity index (χ1) is 15.0. The van der Waals surface area contributed by atoms with E-state index < -0.39 is 0 Å². The number of pyridine rings is 1. The minimum atomic E-state index is -0.319. The molecule has 1 aliphatic heterocycles. The zero-order chi connectivity index (χ0) is 22.2. The van der Waals surface area contributed by atoms with Crippen molar-refractivity contribution < 1.29 is 9.53 Å². The summed E-state index contributed by atoms with van der Waals surface area (Å²) < 4.78 is 5.11. The maximum absolute atomic E-state index is 12.1. The molecule has 0 bridgehead atoms. The van der Waals surface area contributed by atoms with E-state index in [0.29, 0.717) is 29.7 Å². The van der Waals surface area contributed by atoms with Gasteiger partial charge in [0.1, 0.15) is 15.7 Å². The average Bonchev–Trinajstić information content (AvgIpc) is 3.19. The molecule has 2 aromatic heterocycles. The quantitative estimate of drug-likeness (QED) is 0.384. The second-order valence-electron chi connectivity index (χ2n) is 7.55. The fourth-order valence-corrected chi connectivity index (χ4v) is 4.47. The number of hydrogen-bond acceptors (Lipinski definition) is 7. The largest absolute Gasteiger partial charge is 0.462 e. The fourth-order valence-electron chi connectivity index (χ4n) is 3.50. The molecule has 1 unspecified atom stereocenters. The Labute approximate surface area is 188 Å². The van der Waals surface area contributed by atoms with Crippen molar-refractivity contribution in [3.05, 3.63) is 39.5 Å². The van der Waals surface area contributed by atoms with Crippen LogP contribution in [0.3, 0.4) is 0 Å². The van der Waals surface area contributed by atoms with Gasteiger partial charge in [-0.05, 0) is 57.7 Å². The van der Waals surface area contributed by atoms with E-state index in [9.17, 15) is 4.79 Å². The van der Waals surface area contributed by atoms with Gasteiger partial charge in [0.25, 0.3) is 0 Å². The lowest BCUT2D eigenvalue weighted by Gasteiger charge is -2.28. The topological polar surface area (TPSA) is 91.7 Å². The molecule has 0 radical (unpaired) electrons. The highest BCUT2D eigenvalue weighted by molar-refractivity contribution is 7.13. The van der Waals surface area contributed by atoms with E-state index in [1.807, 2.05) is 26.1 Å². The molecule has 31 heavy (non-hydrogen) atoms. The number of esters is 1. The Morgan fingerprint density at radius 2 is 2.13 bits per heavy atom. The zero-order valence-electron chi connectivity index (χ0n) is 18.8. The number of nitrogens with one attached hydrogen (secondary N) is 2. The van der Waals surface area contributed by atoms with Crippen LogP contribution in [0.2, 0.25) is 0 Å². The smallest absolute Gasteiger partial charge is 0.350 e. The van der Waals surface area contributed by atoms with Gasteiger partial charge in [0.2, 0.25) is 0 Å². The fraction of sp³-hybridized carbons (Fsp3) is 0.545. The number of piperidine rings is 1. The lowest BCUT2D eigenvalue weighted by molar-refractivity contribution is 0.0531. The molecule has 0 aliphatic carbocycles. The molecule has 0 amide bonds. The number of hydrogen-bond donors (Lipinski definition) is 2. The Kier molecular flexibility index (Phi) is 8.22. The van der Waals surface area contributed by atoms with E-state index >= 15 is 0 Å². The first-order valence-corrected chi connectivity index (χ1v) is 11.6. The highest BCUT2D eigenvalue weighted by Gasteiger charge is 2.20. The SMILES string of the molecule is CCOC(=O)c1sc(C(C)NC(=NC)NCc2ccnc(N3CCCCC3)c2)nc1C. The normalized spacial score (nSPS) is 15.5. The summed E-state index contributed by atoms with van der Waals surface area (Å²) in [5.74, 6) is 1.40. The average molecular weight is 445 g/mol. The molecule has 0 spiro atoms. The molecule has 1 atom stereocenters. The summed E-state index contributed by atoms with van der Waals surface area (Å²) in [5.41, 5.74) is 1.85. The van der Waals surface area contributed by atoms with Crippen LogP contribution in [-0.2, 0) is 11.3 Å². The number of thiazole rings is 1. The molecule has 8 nitrogen and oxygen atoms in total. The van der Waals surface area contributed by atoms with Crippen LogP contribution < -0.4 is 15.5 Å². The van der Waals surface area contributed by atoms with Gasteiger partial charge >= 0.3 is 5.97 Å². The summed E-state index contributed by atoms with van der Waals surface area (Å²) in [6.07, 6.45) is 5.63. The summed E-state index contributed by atoms with van der Waals surface area (Å²) in [6.45, 7) is 8.77. The van der Waals surface area contributed by atoms with Gasteiger partial charge in [0.05, 0.1) is 18.3 Å². The number of aliphatic imine (C=N–C) groups is 1. The predicted octanol–water partition coefficient (Wildman–Crippen LogP) is 3.44. The summed E-state index contributed by atoms with van der Waals surface area (Å²) in [4.78, 5) is 28.4. The molecule has 3 heterocycles. The molecule has 168 valence electrons. The van der Waals surface area contributed by atoms with Crippen molar-refractivity contribution in [1.82, 2.24) is 20.6 Å². The lowest BCUT2D eigenvalue weighted by Crippen LogP contribution is -2.38. The predicted molar refractivity (Wildman–Crippen MR) is 125 cm³/mol. The first kappa shape index (κ1) is 23.0. The molecule has 2 aromatic rings. The second kappa shape index (κ2) is 11.1. The standard InChI is InChI=1S/C22H32N6O2S/c1-5-30-21(29)19-15(2)26-20(31-19)16(3)27-22(23-4)25-14-17-9-10-24-18(13-17)28-11-7-6-8-12-28/h9-10,13,16H,5-8,11-12,14H2,1-4H3,(H2,23,25,27). The van der Waals surface area contributed by atoms with Crippen LogP contribution in [0.4, 0.5) is 5.82 Å². The molecule has 2 N–H and O–H groups in total. The van der Waals surface area contributed by atoms with Crippen LogP contribution in [0.15, 0.2) is 23.3 Å². The third-order valence-corrected chi connectivity index (χ3v) is 6.49. The van der Waals surface area contributed by atoms with Gasteiger partial charge in [-0.25, -0.2) is 14.8 Å². The lowest BCUT2D eigenvalue weighted by atomic mass is 10.1. The minimum absolute atomic E-state index is 0.0978. The molecule has 3 rings (SSSR count). The molecular formula is C22H32N6O2S. The van der Waals surface area contributed by atoms with Crippen molar-refractivity contribution in [2.24, 2.45) is 4.99 Å². The van der Waals surface area contributed by atoms with Gasteiger partial charge in [-0.15, -0.1) is 11.3 Å². The van der Waals surface area contributed by atoms with E-state index in [-0.39, 0.29) is 12.0 Å². The summed E-state index contributed by atoms with van der Waals surface area (Å²) >= 11 is 1.36. The van der Waals surface area contributed by atoms with E-state index in [2.05, 4.69) is 36.6 Å². The number of aryl methyl sites for hydroxylation is 1. The van der Waals surface area contributed by atoms with Gasteiger partial charge in [0, 0.05) is 32.9 Å². The highest BCUT2D eigenvalue weighted by atomic mass is 32.1. The highest BCUT2D eigenvalue weighted by Crippen LogP contribution is 2.24. The van der Waals surface area contributed by atoms with Crippen molar-refractivity contribution >= 4 is 29.1 Å². The maximum Gasteiger partial charge on any atom is 0.350 e. The Morgan fingerprint density at radius 3 is 2.84 bits per heavy atom. The van der Waals surface area contributed by atoms with E-state index in [4.69, 9.17) is 4.74 Å². The Hall–Kier alpha value is -2.68. The Bertz CT molecular complexity index is 907. The van der Waals surface area contributed by atoms with Crippen LogP contribution >= 0.6 is 11.3 Å². The third-order valence-electron chi connectivity index (χ3n) is 5.17. The first-order valence-electron chi connectivity index (χ1n) is 10.8. The van der Waals surface area contributed by atoms with Crippen molar-refractivity contribution in [1.29, 1.82) is 0 Å². The molecular weight excluding hydrogens is 412 g/mol. The molecule has 0 aromatic carbocycles. The van der Waals surface area contributed by atoms with Crippen molar-refractivity contribution in [2.45, 2.75) is 52.6 Å². The van der Waals surface area contributed by atoms with Crippen molar-refractivity contribution in [2.75, 3.05) is 31.6 Å². The van der Waals surface area contributed by atoms with Crippen LogP contribution in [0.25, 0.3) is 0 Å². The second-order valence-corrected chi connectivity index (χ2v) is 8.58. The number of rotatable bonds is 7. The number of carbonyl (C=O) groups excluding carboxylic acids is 1. The van der Waals surface area contributed by atoms with E-state index in [1.54, 1.807) is 14.0 Å². The van der Waals surface area contributed by atoms with Gasteiger partial charge < -0.3 is 20.3 Å². The maximum atomic E-state index is 12.1. The molecule has 0 saturated carbocycles. The molecule has 1 fully saturated rings. The number of nitrogens with zero attached hydrogens (tertiary/aromatic N) is 4. The summed E-state index contributed by atoms with van der Waals surface area (Å²) in [5, 5.41) is 7.53. The number of guanidine groups is 1.